The van der Waals surface area contributed by atoms with Crippen molar-refractivity contribution < 1.29 is 18.3 Å². The van der Waals surface area contributed by atoms with Gasteiger partial charge in [0.1, 0.15) is 6.79 Å². The number of hydrogen-bond donors (Lipinski definition) is 1. The van der Waals surface area contributed by atoms with E-state index in [0.29, 0.717) is 24.0 Å². The average Bonchev–Trinajstić information content (AvgIpc) is 2.99. The van der Waals surface area contributed by atoms with Crippen molar-refractivity contribution in [2.45, 2.75) is 46.1 Å². The molecule has 2 aliphatic rings. The van der Waals surface area contributed by atoms with Crippen LogP contribution in [-0.2, 0) is 14.8 Å². The Morgan fingerprint density at radius 3 is 2.45 bits per heavy atom. The molecular weight excluding hydrogens is 436 g/mol. The zero-order valence-corrected chi connectivity index (χ0v) is 20.9. The van der Waals surface area contributed by atoms with Gasteiger partial charge in [-0.1, -0.05) is 43.7 Å². The molecule has 8 heteroatoms. The first-order valence-electron chi connectivity index (χ1n) is 10.6. The molecule has 1 N–H and O–H groups in total. The molecule has 1 heterocycles. The summed E-state index contributed by atoms with van der Waals surface area (Å²) in [6.45, 7) is 6.93. The molecule has 1 atom stereocenters. The fraction of sp³-hybridized carbons (Fsp3) is 0.565. The van der Waals surface area contributed by atoms with Crippen molar-refractivity contribution in [3.8, 4) is 0 Å². The van der Waals surface area contributed by atoms with Crippen molar-refractivity contribution in [3.63, 3.8) is 0 Å². The van der Waals surface area contributed by atoms with Crippen LogP contribution in [0.5, 0.6) is 0 Å². The van der Waals surface area contributed by atoms with Gasteiger partial charge in [0.2, 0.25) is 10.0 Å². The minimum absolute atomic E-state index is 0.181. The number of aliphatic hydroxyl groups is 1. The van der Waals surface area contributed by atoms with Gasteiger partial charge in [0.15, 0.2) is 0 Å². The standard InChI is InChI=1S/C21H31ClN2O2S.C2H6O2/c1-5-19(11-10-18(3)22)23(4)20-13-15-24(16-14-20)27(25,26)21-8-6-7-17(2)9-12-21;1-4-2-3/h6-12,17,20H,5,13-16H2,1-4H3;3H,2H2,1H3/b18-10+,19-11+;. The smallest absolute Gasteiger partial charge is 0.243 e. The highest BCUT2D eigenvalue weighted by Gasteiger charge is 2.31. The summed E-state index contributed by atoms with van der Waals surface area (Å²) < 4.78 is 31.7. The predicted molar refractivity (Wildman–Crippen MR) is 129 cm³/mol. The molecule has 1 fully saturated rings. The molecule has 1 aliphatic heterocycles. The van der Waals surface area contributed by atoms with Gasteiger partial charge in [0, 0.05) is 44.0 Å². The zero-order chi connectivity index (χ0) is 23.4. The maximum atomic E-state index is 13.0. The molecule has 0 radical (unpaired) electrons. The molecule has 0 bridgehead atoms. The third-order valence-corrected chi connectivity index (χ3v) is 7.34. The van der Waals surface area contributed by atoms with Crippen LogP contribution in [0.15, 0.2) is 58.2 Å². The van der Waals surface area contributed by atoms with Crippen LogP contribution in [0.2, 0.25) is 0 Å². The lowest BCUT2D eigenvalue weighted by atomic mass is 10.0. The lowest BCUT2D eigenvalue weighted by Crippen LogP contribution is -2.45. The molecule has 0 saturated carbocycles. The first-order chi connectivity index (χ1) is 14.7. The summed E-state index contributed by atoms with van der Waals surface area (Å²) in [6.07, 6.45) is 15.7. The van der Waals surface area contributed by atoms with Crippen LogP contribution in [0.25, 0.3) is 0 Å². The summed E-state index contributed by atoms with van der Waals surface area (Å²) in [5, 5.41) is 8.41. The second-order valence-electron chi connectivity index (χ2n) is 7.60. The van der Waals surface area contributed by atoms with Crippen molar-refractivity contribution in [2.75, 3.05) is 34.0 Å². The van der Waals surface area contributed by atoms with Gasteiger partial charge in [0.25, 0.3) is 0 Å². The molecular formula is C23H37ClN2O4S. The number of nitrogens with zero attached hydrogens (tertiary/aromatic N) is 2. The highest BCUT2D eigenvalue weighted by atomic mass is 35.5. The zero-order valence-electron chi connectivity index (χ0n) is 19.3. The van der Waals surface area contributed by atoms with Crippen LogP contribution < -0.4 is 0 Å². The van der Waals surface area contributed by atoms with Crippen molar-refractivity contribution in [1.29, 1.82) is 0 Å². The van der Waals surface area contributed by atoms with E-state index in [1.807, 2.05) is 38.2 Å². The second kappa shape index (κ2) is 13.9. The lowest BCUT2D eigenvalue weighted by Gasteiger charge is -2.38. The van der Waals surface area contributed by atoms with Crippen molar-refractivity contribution >= 4 is 21.6 Å². The number of sulfonamides is 1. The van der Waals surface area contributed by atoms with Gasteiger partial charge < -0.3 is 14.7 Å². The average molecular weight is 473 g/mol. The monoisotopic (exact) mass is 472 g/mol. The molecule has 1 aliphatic carbocycles. The van der Waals surface area contributed by atoms with Crippen LogP contribution >= 0.6 is 11.6 Å². The first-order valence-corrected chi connectivity index (χ1v) is 12.4. The number of allylic oxidation sites excluding steroid dienone is 9. The Morgan fingerprint density at radius 2 is 1.94 bits per heavy atom. The van der Waals surface area contributed by atoms with Crippen LogP contribution in [-0.4, -0.2) is 62.8 Å². The van der Waals surface area contributed by atoms with E-state index in [2.05, 4.69) is 29.7 Å². The Bertz CT molecular complexity index is 801. The van der Waals surface area contributed by atoms with Crippen LogP contribution in [0.3, 0.4) is 0 Å². The molecule has 0 aromatic carbocycles. The number of halogens is 1. The quantitative estimate of drug-likeness (QED) is 0.440. The van der Waals surface area contributed by atoms with E-state index >= 15 is 0 Å². The Morgan fingerprint density at radius 1 is 1.32 bits per heavy atom. The van der Waals surface area contributed by atoms with Crippen molar-refractivity contribution in [1.82, 2.24) is 9.21 Å². The molecule has 0 aromatic rings. The number of hydrogen-bond acceptors (Lipinski definition) is 5. The number of methoxy groups -OCH3 is 1. The third-order valence-electron chi connectivity index (χ3n) is 5.30. The maximum Gasteiger partial charge on any atom is 0.243 e. The highest BCUT2D eigenvalue weighted by Crippen LogP contribution is 2.26. The fourth-order valence-corrected chi connectivity index (χ4v) is 4.97. The largest absolute Gasteiger partial charge is 0.375 e. The molecule has 6 nitrogen and oxygen atoms in total. The first kappa shape index (κ1) is 27.7. The summed E-state index contributed by atoms with van der Waals surface area (Å²) in [5.41, 5.74) is 1.21. The molecule has 1 saturated heterocycles. The van der Waals surface area contributed by atoms with Gasteiger partial charge in [-0.15, -0.1) is 0 Å². The predicted octanol–water partition coefficient (Wildman–Crippen LogP) is 4.38. The summed E-state index contributed by atoms with van der Waals surface area (Å²) in [7, 11) is 0.0862. The summed E-state index contributed by atoms with van der Waals surface area (Å²) in [6, 6.07) is 0.338. The van der Waals surface area contributed by atoms with Crippen LogP contribution in [0, 0.1) is 5.92 Å². The van der Waals surface area contributed by atoms with E-state index in [1.165, 1.54) is 12.8 Å². The summed E-state index contributed by atoms with van der Waals surface area (Å²) >= 11 is 5.94. The Kier molecular flexibility index (Phi) is 12.4. The van der Waals surface area contributed by atoms with Crippen LogP contribution in [0.1, 0.15) is 40.0 Å². The number of piperidine rings is 1. The van der Waals surface area contributed by atoms with Gasteiger partial charge >= 0.3 is 0 Å². The Balaban J connectivity index is 0.00000110. The van der Waals surface area contributed by atoms with Gasteiger partial charge in [-0.3, -0.25) is 0 Å². The number of aliphatic hydroxyl groups excluding tert-OH is 1. The maximum absolute atomic E-state index is 13.0. The Hall–Kier alpha value is -1.38. The van der Waals surface area contributed by atoms with E-state index < -0.39 is 10.0 Å². The van der Waals surface area contributed by atoms with Gasteiger partial charge in [-0.2, -0.15) is 4.31 Å². The number of rotatable bonds is 7. The number of ether oxygens (including phenoxy) is 1. The summed E-state index contributed by atoms with van der Waals surface area (Å²) in [5.74, 6) is 0.248. The second-order valence-corrected chi connectivity index (χ2v) is 10.1. The van der Waals surface area contributed by atoms with Crippen LogP contribution in [0.4, 0.5) is 0 Å². The molecule has 0 amide bonds. The molecule has 176 valence electrons. The minimum atomic E-state index is -3.43. The van der Waals surface area contributed by atoms with E-state index in [9.17, 15) is 8.42 Å². The minimum Gasteiger partial charge on any atom is -0.375 e. The third kappa shape index (κ3) is 8.94. The molecule has 0 aromatic heterocycles. The molecule has 31 heavy (non-hydrogen) atoms. The van der Waals surface area contributed by atoms with Gasteiger partial charge in [0.05, 0.1) is 4.91 Å². The lowest BCUT2D eigenvalue weighted by molar-refractivity contribution is 0.0325. The van der Waals surface area contributed by atoms with Crippen molar-refractivity contribution in [3.05, 3.63) is 58.2 Å². The SMILES string of the molecule is CC/C(=C\C=C(/C)Cl)N(C)C1CCN(S(=O)(=O)C2=CC=CC(C)C=C2)CC1.COCO. The molecule has 1 unspecified atom stereocenters. The molecule has 0 spiro atoms. The normalized spacial score (nSPS) is 21.3. The van der Waals surface area contributed by atoms with E-state index in [-0.39, 0.29) is 12.7 Å². The summed E-state index contributed by atoms with van der Waals surface area (Å²) in [4.78, 5) is 2.65. The van der Waals surface area contributed by atoms with Gasteiger partial charge in [-0.05, 0) is 56.4 Å². The van der Waals surface area contributed by atoms with E-state index in [4.69, 9.17) is 16.7 Å². The van der Waals surface area contributed by atoms with Gasteiger partial charge in [-0.25, -0.2) is 8.42 Å². The van der Waals surface area contributed by atoms with E-state index in [0.717, 1.165) is 24.3 Å². The van der Waals surface area contributed by atoms with E-state index in [1.54, 1.807) is 16.5 Å². The topological polar surface area (TPSA) is 70.1 Å². The fourth-order valence-electron chi connectivity index (χ4n) is 3.41. The molecule has 2 rings (SSSR count). The highest BCUT2D eigenvalue weighted by molar-refractivity contribution is 7.93. The van der Waals surface area contributed by atoms with Crippen molar-refractivity contribution in [2.24, 2.45) is 5.92 Å². The Labute approximate surface area is 193 Å².